The first-order valence-electron chi connectivity index (χ1n) is 7.35. The van der Waals surface area contributed by atoms with E-state index in [-0.39, 0.29) is 18.0 Å². The van der Waals surface area contributed by atoms with Crippen LogP contribution in [0.4, 0.5) is 0 Å². The Kier molecular flexibility index (Phi) is 3.53. The van der Waals surface area contributed by atoms with Crippen molar-refractivity contribution in [3.8, 4) is 0 Å². The van der Waals surface area contributed by atoms with Gasteiger partial charge in [0.1, 0.15) is 6.61 Å². The molecule has 0 N–H and O–H groups in total. The Morgan fingerprint density at radius 3 is 2.92 bits per heavy atom. The maximum Gasteiger partial charge on any atom is 0.378 e. The highest BCUT2D eigenvalue weighted by Gasteiger charge is 2.17. The van der Waals surface area contributed by atoms with Gasteiger partial charge in [0.2, 0.25) is 0 Å². The highest BCUT2D eigenvalue weighted by atomic mass is 32.1. The number of nitrogens with zero attached hydrogens (tertiary/aromatic N) is 6. The Morgan fingerprint density at radius 1 is 1.28 bits per heavy atom. The fourth-order valence-electron chi connectivity index (χ4n) is 2.37. The molecule has 0 radical (unpaired) electrons. The van der Waals surface area contributed by atoms with Gasteiger partial charge in [-0.05, 0) is 19.9 Å². The molecule has 10 heteroatoms. The van der Waals surface area contributed by atoms with Gasteiger partial charge in [0.15, 0.2) is 4.96 Å². The number of carbonyl (C=O) groups excluding carboxylic acids is 1. The molecule has 126 valence electrons. The highest BCUT2D eigenvalue weighted by molar-refractivity contribution is 7.15. The number of carbonyl (C=O) groups is 1. The van der Waals surface area contributed by atoms with E-state index >= 15 is 0 Å². The van der Waals surface area contributed by atoms with Crippen LogP contribution < -0.4 is 5.56 Å². The fourth-order valence-corrected chi connectivity index (χ4v) is 3.26. The van der Waals surface area contributed by atoms with Crippen molar-refractivity contribution >= 4 is 28.0 Å². The summed E-state index contributed by atoms with van der Waals surface area (Å²) in [6, 6.07) is 3.11. The second-order valence-corrected chi connectivity index (χ2v) is 6.23. The SMILES string of the molecule is Cc1ccnc2nc(C(=O)OCc3cc(=O)n4c(C)csc4n3)nn12. The number of rotatable bonds is 3. The maximum atomic E-state index is 12.2. The first-order valence-corrected chi connectivity index (χ1v) is 8.23. The number of fused-ring (bicyclic) bond motifs is 2. The van der Waals surface area contributed by atoms with Crippen LogP contribution in [0.3, 0.4) is 0 Å². The summed E-state index contributed by atoms with van der Waals surface area (Å²) in [4.78, 5) is 37.2. The Balaban J connectivity index is 1.57. The van der Waals surface area contributed by atoms with Gasteiger partial charge in [-0.3, -0.25) is 9.20 Å². The molecule has 0 fully saturated rings. The van der Waals surface area contributed by atoms with Gasteiger partial charge in [-0.2, -0.15) is 4.98 Å². The minimum atomic E-state index is -0.700. The predicted octanol–water partition coefficient (Wildman–Crippen LogP) is 1.17. The van der Waals surface area contributed by atoms with Crippen molar-refractivity contribution in [3.05, 3.63) is 57.0 Å². The van der Waals surface area contributed by atoms with E-state index in [1.54, 1.807) is 12.3 Å². The van der Waals surface area contributed by atoms with E-state index in [1.165, 1.54) is 26.3 Å². The van der Waals surface area contributed by atoms with Crippen molar-refractivity contribution in [2.24, 2.45) is 0 Å². The highest BCUT2D eigenvalue weighted by Crippen LogP contribution is 2.12. The van der Waals surface area contributed by atoms with Crippen LogP contribution in [0, 0.1) is 13.8 Å². The van der Waals surface area contributed by atoms with E-state index in [0.29, 0.717) is 16.4 Å². The van der Waals surface area contributed by atoms with Gasteiger partial charge in [0, 0.05) is 29.0 Å². The zero-order valence-corrected chi connectivity index (χ0v) is 14.1. The van der Waals surface area contributed by atoms with Crippen molar-refractivity contribution in [1.29, 1.82) is 0 Å². The molecule has 4 aromatic rings. The summed E-state index contributed by atoms with van der Waals surface area (Å²) < 4.78 is 8.15. The molecule has 0 spiro atoms. The van der Waals surface area contributed by atoms with E-state index in [1.807, 2.05) is 19.2 Å². The molecule has 25 heavy (non-hydrogen) atoms. The number of thiazole rings is 1. The standard InChI is InChI=1S/C15H12N6O3S/c1-8-3-4-16-14-18-12(19-21(8)14)13(23)24-6-10-5-11(22)20-9(2)7-25-15(20)17-10/h3-5,7H,6H2,1-2H3. The first-order chi connectivity index (χ1) is 12.0. The zero-order chi connectivity index (χ0) is 17.6. The van der Waals surface area contributed by atoms with Gasteiger partial charge in [-0.15, -0.1) is 16.4 Å². The second-order valence-electron chi connectivity index (χ2n) is 5.39. The predicted molar refractivity (Wildman–Crippen MR) is 88.7 cm³/mol. The van der Waals surface area contributed by atoms with Crippen molar-refractivity contribution in [3.63, 3.8) is 0 Å². The summed E-state index contributed by atoms with van der Waals surface area (Å²) in [5, 5.41) is 5.92. The van der Waals surface area contributed by atoms with Crippen LogP contribution in [0.25, 0.3) is 10.7 Å². The second kappa shape index (κ2) is 5.74. The number of ether oxygens (including phenoxy) is 1. The number of aromatic nitrogens is 6. The van der Waals surface area contributed by atoms with E-state index in [4.69, 9.17) is 4.74 Å². The van der Waals surface area contributed by atoms with Crippen LogP contribution in [0.1, 0.15) is 27.7 Å². The van der Waals surface area contributed by atoms with Crippen LogP contribution in [-0.4, -0.2) is 34.9 Å². The van der Waals surface area contributed by atoms with Crippen molar-refractivity contribution < 1.29 is 9.53 Å². The summed E-state index contributed by atoms with van der Waals surface area (Å²) >= 11 is 1.35. The fraction of sp³-hybridized carbons (Fsp3) is 0.200. The molecule has 0 unspecified atom stereocenters. The summed E-state index contributed by atoms with van der Waals surface area (Å²) in [7, 11) is 0. The van der Waals surface area contributed by atoms with Crippen molar-refractivity contribution in [2.45, 2.75) is 20.5 Å². The topological polar surface area (TPSA) is 104 Å². The van der Waals surface area contributed by atoms with Crippen LogP contribution >= 0.6 is 11.3 Å². The zero-order valence-electron chi connectivity index (χ0n) is 13.3. The summed E-state index contributed by atoms with van der Waals surface area (Å²) in [5.74, 6) is -0.473. The average molecular weight is 356 g/mol. The van der Waals surface area contributed by atoms with Crippen LogP contribution in [0.2, 0.25) is 0 Å². The minimum Gasteiger partial charge on any atom is -0.453 e. The van der Waals surface area contributed by atoms with E-state index in [0.717, 1.165) is 11.4 Å². The third-order valence-corrected chi connectivity index (χ3v) is 4.54. The molecule has 4 aromatic heterocycles. The van der Waals surface area contributed by atoms with Gasteiger partial charge >= 0.3 is 5.97 Å². The molecule has 9 nitrogen and oxygen atoms in total. The molecule has 0 aliphatic heterocycles. The Morgan fingerprint density at radius 2 is 2.12 bits per heavy atom. The number of hydrogen-bond acceptors (Lipinski definition) is 8. The molecule has 0 saturated heterocycles. The number of esters is 1. The van der Waals surface area contributed by atoms with Crippen molar-refractivity contribution in [2.75, 3.05) is 0 Å². The van der Waals surface area contributed by atoms with E-state index in [2.05, 4.69) is 20.1 Å². The summed E-state index contributed by atoms with van der Waals surface area (Å²) in [6.45, 7) is 3.52. The average Bonchev–Trinajstić information content (AvgIpc) is 3.18. The van der Waals surface area contributed by atoms with Gasteiger partial charge in [0.25, 0.3) is 17.2 Å². The van der Waals surface area contributed by atoms with E-state index in [9.17, 15) is 9.59 Å². The smallest absolute Gasteiger partial charge is 0.378 e. The Hall–Kier alpha value is -3.14. The van der Waals surface area contributed by atoms with Gasteiger partial charge in [0.05, 0.1) is 5.69 Å². The Bertz CT molecular complexity index is 1180. The first kappa shape index (κ1) is 15.4. The van der Waals surface area contributed by atoms with Gasteiger partial charge in [-0.1, -0.05) is 0 Å². The maximum absolute atomic E-state index is 12.2. The summed E-state index contributed by atoms with van der Waals surface area (Å²) in [5.41, 5.74) is 1.78. The molecule has 4 heterocycles. The van der Waals surface area contributed by atoms with Crippen LogP contribution in [-0.2, 0) is 11.3 Å². The summed E-state index contributed by atoms with van der Waals surface area (Å²) in [6.07, 6.45) is 1.59. The molecule has 0 aliphatic carbocycles. The monoisotopic (exact) mass is 356 g/mol. The van der Waals surface area contributed by atoms with Crippen LogP contribution in [0.5, 0.6) is 0 Å². The molecule has 0 aromatic carbocycles. The largest absolute Gasteiger partial charge is 0.453 e. The molecule has 0 aliphatic rings. The molecule has 0 atom stereocenters. The number of hydrogen-bond donors (Lipinski definition) is 0. The quantitative estimate of drug-likeness (QED) is 0.507. The third kappa shape index (κ3) is 2.66. The lowest BCUT2D eigenvalue weighted by Gasteiger charge is -2.02. The van der Waals surface area contributed by atoms with Crippen molar-refractivity contribution in [1.82, 2.24) is 29.0 Å². The third-order valence-electron chi connectivity index (χ3n) is 3.59. The molecule has 0 amide bonds. The van der Waals surface area contributed by atoms with Gasteiger partial charge in [-0.25, -0.2) is 19.3 Å². The lowest BCUT2D eigenvalue weighted by Crippen LogP contribution is -2.16. The molecular formula is C15H12N6O3S. The molecule has 0 saturated carbocycles. The molecule has 4 rings (SSSR count). The lowest BCUT2D eigenvalue weighted by atomic mass is 10.4. The molecular weight excluding hydrogens is 344 g/mol. The van der Waals surface area contributed by atoms with Gasteiger partial charge < -0.3 is 4.74 Å². The number of aryl methyl sites for hydroxylation is 2. The lowest BCUT2D eigenvalue weighted by molar-refractivity contribution is 0.0453. The Labute approximate surface area is 144 Å². The molecule has 0 bridgehead atoms. The minimum absolute atomic E-state index is 0.0911. The van der Waals surface area contributed by atoms with E-state index < -0.39 is 5.97 Å². The normalized spacial score (nSPS) is 11.3. The van der Waals surface area contributed by atoms with Crippen LogP contribution in [0.15, 0.2) is 28.5 Å².